The lowest BCUT2D eigenvalue weighted by atomic mass is 9.74. The molecule has 2 heterocycles. The van der Waals surface area contributed by atoms with Crippen LogP contribution in [0.15, 0.2) is 71.6 Å². The number of amides is 2. The molecule has 2 amide bonds. The van der Waals surface area contributed by atoms with Crippen molar-refractivity contribution in [2.45, 2.75) is 94.3 Å². The van der Waals surface area contributed by atoms with Gasteiger partial charge in [0.05, 0.1) is 18.0 Å². The monoisotopic (exact) mass is 817 g/mol. The van der Waals surface area contributed by atoms with Crippen LogP contribution in [0.1, 0.15) is 69.6 Å². The first-order valence-electron chi connectivity index (χ1n) is 18.7. The van der Waals surface area contributed by atoms with E-state index in [1.165, 1.54) is 40.6 Å². The maximum atomic E-state index is 15.9. The molecule has 11 nitrogen and oxygen atoms in total. The molecule has 0 saturated carbocycles. The summed E-state index contributed by atoms with van der Waals surface area (Å²) in [5.41, 5.74) is 0.556. The van der Waals surface area contributed by atoms with E-state index in [0.29, 0.717) is 36.6 Å². The van der Waals surface area contributed by atoms with Crippen LogP contribution in [0.3, 0.4) is 0 Å². The summed E-state index contributed by atoms with van der Waals surface area (Å²) in [5.74, 6) is -2.09. The van der Waals surface area contributed by atoms with Gasteiger partial charge in [-0.3, -0.25) is 4.79 Å². The van der Waals surface area contributed by atoms with Gasteiger partial charge in [-0.2, -0.15) is 4.31 Å². The van der Waals surface area contributed by atoms with Gasteiger partial charge in [-0.05, 0) is 118 Å². The number of nitrogens with zero attached hydrogens (tertiary/aromatic N) is 2. The van der Waals surface area contributed by atoms with Crippen molar-refractivity contribution in [1.82, 2.24) is 14.5 Å². The number of halogens is 3. The second-order valence-corrected chi connectivity index (χ2v) is 17.7. The third kappa shape index (κ3) is 10.6. The molecule has 2 fully saturated rings. The minimum atomic E-state index is -4.21. The normalized spacial score (nSPS) is 19.5. The largest absolute Gasteiger partial charge is 0.453 e. The fraction of sp³-hybridized carbons (Fsp3) is 0.488. The quantitative estimate of drug-likeness (QED) is 0.202. The summed E-state index contributed by atoms with van der Waals surface area (Å²) >= 11 is 6.22. The van der Waals surface area contributed by atoms with Crippen LogP contribution in [0.4, 0.5) is 18.4 Å². The van der Waals surface area contributed by atoms with Crippen LogP contribution in [-0.2, 0) is 41.9 Å². The number of ketones is 1. The van der Waals surface area contributed by atoms with E-state index in [1.54, 1.807) is 45.9 Å². The second-order valence-electron chi connectivity index (χ2n) is 15.4. The highest BCUT2D eigenvalue weighted by Gasteiger charge is 2.43. The smallest absolute Gasteiger partial charge is 0.410 e. The van der Waals surface area contributed by atoms with E-state index in [1.807, 2.05) is 12.1 Å². The Balaban J connectivity index is 1.47. The van der Waals surface area contributed by atoms with Crippen LogP contribution >= 0.6 is 11.6 Å². The molecule has 0 aliphatic carbocycles. The van der Waals surface area contributed by atoms with Gasteiger partial charge in [0.15, 0.2) is 5.78 Å². The number of Topliss-reactive ketones (excluding diaryl/α,β-unsaturated/α-hetero) is 1. The van der Waals surface area contributed by atoms with Gasteiger partial charge in [-0.15, -0.1) is 0 Å². The Morgan fingerprint density at radius 2 is 1.64 bits per heavy atom. The SMILES string of the molecule is COC(=O)N[C@H](C(=O)Cc1cccc(F)c1CC[C@H]1CN(C(=O)OC(C)(C)C)C[C@@H](C)N1S(=O)(=O)c1ccc(F)cc1)[C@@H](c1ccc(Cl)cc1)C1CCOCC1. The molecule has 2 aliphatic rings. The van der Waals surface area contributed by atoms with Crippen LogP contribution in [0, 0.1) is 17.6 Å². The molecule has 0 spiro atoms. The van der Waals surface area contributed by atoms with E-state index in [2.05, 4.69) is 5.32 Å². The van der Waals surface area contributed by atoms with Gasteiger partial charge in [0.25, 0.3) is 0 Å². The van der Waals surface area contributed by atoms with Crippen LogP contribution < -0.4 is 5.32 Å². The molecule has 304 valence electrons. The van der Waals surface area contributed by atoms with Crippen molar-refractivity contribution < 1.29 is 45.8 Å². The zero-order valence-corrected chi connectivity index (χ0v) is 33.9. The summed E-state index contributed by atoms with van der Waals surface area (Å²) in [5, 5.41) is 3.28. The third-order valence-corrected chi connectivity index (χ3v) is 12.6. The number of methoxy groups -OCH3 is 1. The van der Waals surface area contributed by atoms with Crippen LogP contribution in [-0.4, -0.2) is 92.7 Å². The first-order chi connectivity index (χ1) is 26.5. The number of alkyl carbamates (subject to hydrolysis) is 1. The zero-order chi connectivity index (χ0) is 40.8. The number of sulfonamides is 1. The summed E-state index contributed by atoms with van der Waals surface area (Å²) in [4.78, 5) is 41.8. The Morgan fingerprint density at radius 3 is 2.27 bits per heavy atom. The Hall–Kier alpha value is -4.11. The molecule has 3 aromatic rings. The Morgan fingerprint density at radius 1 is 0.982 bits per heavy atom. The molecule has 0 unspecified atom stereocenters. The summed E-state index contributed by atoms with van der Waals surface area (Å²) in [7, 11) is -3.00. The Kier molecular flexibility index (Phi) is 14.2. The lowest BCUT2D eigenvalue weighted by Crippen LogP contribution is -2.61. The molecule has 1 N–H and O–H groups in total. The van der Waals surface area contributed by atoms with E-state index in [0.717, 1.165) is 17.7 Å². The number of carbonyl (C=O) groups is 3. The molecule has 15 heteroatoms. The molecule has 0 radical (unpaired) electrons. The highest BCUT2D eigenvalue weighted by molar-refractivity contribution is 7.89. The molecule has 5 rings (SSSR count). The van der Waals surface area contributed by atoms with Gasteiger partial charge in [0.1, 0.15) is 17.2 Å². The number of benzene rings is 3. The first kappa shape index (κ1) is 43.0. The number of ether oxygens (including phenoxy) is 3. The summed E-state index contributed by atoms with van der Waals surface area (Å²) in [6.07, 6.45) is -0.319. The van der Waals surface area contributed by atoms with E-state index < -0.39 is 63.5 Å². The molecular formula is C41H50ClF2N3O8S. The van der Waals surface area contributed by atoms with E-state index >= 15 is 4.39 Å². The highest BCUT2D eigenvalue weighted by atomic mass is 35.5. The second kappa shape index (κ2) is 18.4. The molecule has 0 bridgehead atoms. The molecule has 0 aromatic heterocycles. The van der Waals surface area contributed by atoms with Gasteiger partial charge in [-0.25, -0.2) is 26.8 Å². The number of piperazine rings is 1. The van der Waals surface area contributed by atoms with Crippen molar-refractivity contribution in [3.05, 3.63) is 100 Å². The summed E-state index contributed by atoms with van der Waals surface area (Å²) < 4.78 is 75.4. The predicted molar refractivity (Wildman–Crippen MR) is 207 cm³/mol. The Bertz CT molecular complexity index is 1950. The lowest BCUT2D eigenvalue weighted by Gasteiger charge is -2.44. The molecular weight excluding hydrogens is 768 g/mol. The number of nitrogens with one attached hydrogen (secondary N) is 1. The minimum Gasteiger partial charge on any atom is -0.453 e. The molecule has 2 aliphatic heterocycles. The number of hydrogen-bond acceptors (Lipinski definition) is 8. The van der Waals surface area contributed by atoms with Crippen molar-refractivity contribution in [2.24, 2.45) is 5.92 Å². The average Bonchev–Trinajstić information content (AvgIpc) is 3.14. The molecule has 4 atom stereocenters. The van der Waals surface area contributed by atoms with E-state index in [4.69, 9.17) is 25.8 Å². The van der Waals surface area contributed by atoms with Crippen molar-refractivity contribution in [2.75, 3.05) is 33.4 Å². The fourth-order valence-corrected chi connectivity index (χ4v) is 9.69. The van der Waals surface area contributed by atoms with E-state index in [-0.39, 0.29) is 54.5 Å². The standard InChI is InChI=1S/C41H50ClF2N3O8S/c1-26-24-46(40(50)55-41(2,3)4)25-32(47(26)56(51,52)33-16-13-31(43)14-17-33)15-18-34-29(7-6-8-35(34)44)23-36(48)38(45-39(49)53-5)37(28-19-21-54-22-20-28)27-9-11-30(42)12-10-27/h6-14,16-17,26,28,32,37-38H,15,18-25H2,1-5H3,(H,45,49)/t26-,32+,37+,38-/m1/s1. The van der Waals surface area contributed by atoms with Crippen molar-refractivity contribution in [1.29, 1.82) is 0 Å². The predicted octanol–water partition coefficient (Wildman–Crippen LogP) is 7.30. The summed E-state index contributed by atoms with van der Waals surface area (Å²) in [6.45, 7) is 7.81. The van der Waals surface area contributed by atoms with Gasteiger partial charge in [-0.1, -0.05) is 35.9 Å². The van der Waals surface area contributed by atoms with Crippen molar-refractivity contribution >= 4 is 39.6 Å². The fourth-order valence-electron chi connectivity index (χ4n) is 7.73. The Labute approximate surface area is 332 Å². The van der Waals surface area contributed by atoms with Gasteiger partial charge in [0.2, 0.25) is 10.0 Å². The summed E-state index contributed by atoms with van der Waals surface area (Å²) in [6, 6.07) is 13.4. The molecule has 56 heavy (non-hydrogen) atoms. The van der Waals surface area contributed by atoms with Crippen LogP contribution in [0.5, 0.6) is 0 Å². The number of rotatable bonds is 12. The van der Waals surface area contributed by atoms with Gasteiger partial charge in [0, 0.05) is 55.7 Å². The van der Waals surface area contributed by atoms with Crippen LogP contribution in [0.2, 0.25) is 5.02 Å². The van der Waals surface area contributed by atoms with Crippen molar-refractivity contribution in [3.63, 3.8) is 0 Å². The molecule has 2 saturated heterocycles. The number of hydrogen-bond donors (Lipinski definition) is 1. The van der Waals surface area contributed by atoms with E-state index in [9.17, 15) is 27.2 Å². The first-order valence-corrected chi connectivity index (χ1v) is 20.5. The number of carbonyl (C=O) groups excluding carboxylic acids is 3. The zero-order valence-electron chi connectivity index (χ0n) is 32.3. The topological polar surface area (TPSA) is 132 Å². The van der Waals surface area contributed by atoms with Crippen LogP contribution in [0.25, 0.3) is 0 Å². The van der Waals surface area contributed by atoms with Gasteiger partial charge < -0.3 is 24.4 Å². The van der Waals surface area contributed by atoms with Gasteiger partial charge >= 0.3 is 12.2 Å². The minimum absolute atomic E-state index is 0.0000563. The molecule has 3 aromatic carbocycles. The maximum Gasteiger partial charge on any atom is 0.410 e. The highest BCUT2D eigenvalue weighted by Crippen LogP contribution is 2.37. The lowest BCUT2D eigenvalue weighted by molar-refractivity contribution is -0.121. The average molecular weight is 818 g/mol. The van der Waals surface area contributed by atoms with Crippen molar-refractivity contribution in [3.8, 4) is 0 Å². The third-order valence-electron chi connectivity index (χ3n) is 10.3. The maximum absolute atomic E-state index is 15.9.